The lowest BCUT2D eigenvalue weighted by Crippen LogP contribution is -2.25. The number of benzene rings is 2. The van der Waals surface area contributed by atoms with Gasteiger partial charge in [0, 0.05) is 16.3 Å². The van der Waals surface area contributed by atoms with Crippen molar-refractivity contribution in [2.24, 2.45) is 0 Å². The summed E-state index contributed by atoms with van der Waals surface area (Å²) in [6.07, 6.45) is 0. The molecule has 0 atom stereocenters. The molecule has 0 aliphatic carbocycles. The molecule has 35 heavy (non-hydrogen) atoms. The first-order chi connectivity index (χ1) is 16.9. The van der Waals surface area contributed by atoms with E-state index >= 15 is 0 Å². The molecule has 2 heterocycles. The van der Waals surface area contributed by atoms with E-state index in [2.05, 4.69) is 10.4 Å². The van der Waals surface area contributed by atoms with Crippen LogP contribution in [0.25, 0.3) is 16.5 Å². The van der Waals surface area contributed by atoms with Crippen molar-refractivity contribution >= 4 is 39.0 Å². The molecule has 0 radical (unpaired) electrons. The number of carbonyl (C=O) groups is 2. The van der Waals surface area contributed by atoms with E-state index in [1.807, 2.05) is 0 Å². The molecule has 2 aromatic heterocycles. The van der Waals surface area contributed by atoms with Gasteiger partial charge >= 0.3 is 5.97 Å². The summed E-state index contributed by atoms with van der Waals surface area (Å²) in [7, 11) is 2.94. The van der Waals surface area contributed by atoms with Crippen LogP contribution in [0.1, 0.15) is 27.8 Å². The van der Waals surface area contributed by atoms with Gasteiger partial charge in [-0.05, 0) is 49.4 Å². The topological polar surface area (TPSA) is 109 Å². The quantitative estimate of drug-likeness (QED) is 0.384. The SMILES string of the molecule is CCOC(=O)c1nn(-c2ccc(F)cc2)c(=O)c2c(NC(=O)c3ccc(OC)c(OC)c3)scc12. The Bertz CT molecular complexity index is 1480. The Morgan fingerprint density at radius 2 is 1.80 bits per heavy atom. The smallest absolute Gasteiger partial charge is 0.359 e. The van der Waals surface area contributed by atoms with Gasteiger partial charge in [-0.25, -0.2) is 9.18 Å². The summed E-state index contributed by atoms with van der Waals surface area (Å²) in [4.78, 5) is 39.0. The fraction of sp³-hybridized carbons (Fsp3) is 0.167. The average Bonchev–Trinajstić information content (AvgIpc) is 3.28. The van der Waals surface area contributed by atoms with Crippen molar-refractivity contribution < 1.29 is 28.2 Å². The first kappa shape index (κ1) is 23.9. The van der Waals surface area contributed by atoms with Gasteiger partial charge in [-0.3, -0.25) is 9.59 Å². The molecular weight excluding hydrogens is 477 g/mol. The van der Waals surface area contributed by atoms with Crippen LogP contribution in [0.2, 0.25) is 0 Å². The largest absolute Gasteiger partial charge is 0.493 e. The molecule has 0 saturated carbocycles. The van der Waals surface area contributed by atoms with Crippen molar-refractivity contribution in [1.82, 2.24) is 9.78 Å². The monoisotopic (exact) mass is 497 g/mol. The molecule has 0 bridgehead atoms. The van der Waals surface area contributed by atoms with E-state index in [4.69, 9.17) is 14.2 Å². The number of carbonyl (C=O) groups excluding carboxylic acids is 2. The van der Waals surface area contributed by atoms with Gasteiger partial charge in [-0.1, -0.05) is 0 Å². The van der Waals surface area contributed by atoms with Gasteiger partial charge in [0.05, 0.1) is 31.9 Å². The Labute approximate surface area is 202 Å². The standard InChI is InChI=1S/C24H20FN3O6S/c1-4-34-24(31)20-16-12-35-22(26-21(29)13-5-10-17(32-2)18(11-13)33-3)19(16)23(30)28(27-20)15-8-6-14(25)7-9-15/h5-12H,4H2,1-3H3,(H,26,29). The van der Waals surface area contributed by atoms with Crippen LogP contribution in [0.3, 0.4) is 0 Å². The van der Waals surface area contributed by atoms with E-state index < -0.39 is 23.3 Å². The summed E-state index contributed by atoms with van der Waals surface area (Å²) in [5.74, 6) is -0.908. The van der Waals surface area contributed by atoms with Crippen molar-refractivity contribution in [3.05, 3.63) is 75.3 Å². The highest BCUT2D eigenvalue weighted by atomic mass is 32.1. The Hall–Kier alpha value is -4.25. The number of nitrogens with one attached hydrogen (secondary N) is 1. The van der Waals surface area contributed by atoms with Crippen LogP contribution in [0, 0.1) is 5.82 Å². The summed E-state index contributed by atoms with van der Waals surface area (Å²) in [5, 5.41) is 8.99. The van der Waals surface area contributed by atoms with Crippen LogP contribution in [0.4, 0.5) is 9.39 Å². The van der Waals surface area contributed by atoms with Gasteiger partial charge in [-0.15, -0.1) is 11.3 Å². The Kier molecular flexibility index (Phi) is 6.78. The van der Waals surface area contributed by atoms with Gasteiger partial charge in [0.2, 0.25) is 0 Å². The number of halogens is 1. The van der Waals surface area contributed by atoms with E-state index in [0.717, 1.165) is 16.0 Å². The Balaban J connectivity index is 1.83. The number of esters is 1. The second-order valence-electron chi connectivity index (χ2n) is 7.14. The number of hydrogen-bond acceptors (Lipinski definition) is 8. The van der Waals surface area contributed by atoms with E-state index in [0.29, 0.717) is 11.5 Å². The predicted molar refractivity (Wildman–Crippen MR) is 129 cm³/mol. The molecular formula is C24H20FN3O6S. The number of aromatic nitrogens is 2. The van der Waals surface area contributed by atoms with Crippen LogP contribution in [0.15, 0.2) is 52.6 Å². The maximum Gasteiger partial charge on any atom is 0.359 e. The summed E-state index contributed by atoms with van der Waals surface area (Å²) >= 11 is 1.06. The van der Waals surface area contributed by atoms with E-state index in [1.165, 1.54) is 44.6 Å². The zero-order valence-electron chi connectivity index (χ0n) is 19.0. The molecule has 2 aromatic carbocycles. The number of fused-ring (bicyclic) bond motifs is 1. The highest BCUT2D eigenvalue weighted by Gasteiger charge is 2.23. The maximum atomic E-state index is 13.4. The predicted octanol–water partition coefficient (Wildman–Crippen LogP) is 4.03. The fourth-order valence-electron chi connectivity index (χ4n) is 3.40. The van der Waals surface area contributed by atoms with Crippen molar-refractivity contribution in [3.63, 3.8) is 0 Å². The Morgan fingerprint density at radius 1 is 1.09 bits per heavy atom. The summed E-state index contributed by atoms with van der Waals surface area (Å²) < 4.78 is 30.0. The highest BCUT2D eigenvalue weighted by Crippen LogP contribution is 2.32. The minimum atomic E-state index is -0.732. The number of amides is 1. The van der Waals surface area contributed by atoms with Crippen LogP contribution in [-0.2, 0) is 4.74 Å². The minimum absolute atomic E-state index is 0.0752. The molecule has 4 rings (SSSR count). The van der Waals surface area contributed by atoms with Gasteiger partial charge < -0.3 is 19.5 Å². The third-order valence-electron chi connectivity index (χ3n) is 5.07. The molecule has 0 saturated heterocycles. The third kappa shape index (κ3) is 4.58. The molecule has 4 aromatic rings. The highest BCUT2D eigenvalue weighted by molar-refractivity contribution is 7.16. The van der Waals surface area contributed by atoms with Crippen molar-refractivity contribution in [1.29, 1.82) is 0 Å². The number of methoxy groups -OCH3 is 2. The van der Waals surface area contributed by atoms with Crippen molar-refractivity contribution in [2.75, 3.05) is 26.1 Å². The third-order valence-corrected chi connectivity index (χ3v) is 5.96. The normalized spacial score (nSPS) is 10.7. The van der Waals surface area contributed by atoms with E-state index in [9.17, 15) is 18.8 Å². The number of rotatable bonds is 7. The van der Waals surface area contributed by atoms with Crippen LogP contribution < -0.4 is 20.3 Å². The molecule has 0 aliphatic heterocycles. The number of ether oxygens (including phenoxy) is 3. The van der Waals surface area contributed by atoms with Crippen LogP contribution in [-0.4, -0.2) is 42.5 Å². The van der Waals surface area contributed by atoms with Gasteiger partial charge in [0.25, 0.3) is 11.5 Å². The van der Waals surface area contributed by atoms with Crippen LogP contribution >= 0.6 is 11.3 Å². The summed E-state index contributed by atoms with van der Waals surface area (Å²) in [5.41, 5.74) is -0.188. The molecule has 180 valence electrons. The lowest BCUT2D eigenvalue weighted by Gasteiger charge is -2.11. The maximum absolute atomic E-state index is 13.4. The van der Waals surface area contributed by atoms with Crippen molar-refractivity contribution in [3.8, 4) is 17.2 Å². The molecule has 1 N–H and O–H groups in total. The number of thiophene rings is 1. The first-order valence-electron chi connectivity index (χ1n) is 10.4. The zero-order chi connectivity index (χ0) is 25.1. The molecule has 0 unspecified atom stereocenters. The van der Waals surface area contributed by atoms with E-state index in [1.54, 1.807) is 24.4 Å². The molecule has 0 spiro atoms. The second-order valence-corrected chi connectivity index (χ2v) is 8.02. The zero-order valence-corrected chi connectivity index (χ0v) is 19.8. The Morgan fingerprint density at radius 3 is 2.46 bits per heavy atom. The molecule has 9 nitrogen and oxygen atoms in total. The molecule has 1 amide bonds. The van der Waals surface area contributed by atoms with Gasteiger partial charge in [-0.2, -0.15) is 9.78 Å². The minimum Gasteiger partial charge on any atom is -0.493 e. The van der Waals surface area contributed by atoms with Crippen molar-refractivity contribution in [2.45, 2.75) is 6.92 Å². The summed E-state index contributed by atoms with van der Waals surface area (Å²) in [6, 6.07) is 9.71. The lowest BCUT2D eigenvalue weighted by atomic mass is 10.1. The number of hydrogen-bond donors (Lipinski definition) is 1. The van der Waals surface area contributed by atoms with Gasteiger partial charge in [0.15, 0.2) is 17.2 Å². The van der Waals surface area contributed by atoms with Crippen LogP contribution in [0.5, 0.6) is 11.5 Å². The summed E-state index contributed by atoms with van der Waals surface area (Å²) in [6.45, 7) is 1.75. The first-order valence-corrected chi connectivity index (χ1v) is 11.3. The number of anilines is 1. The lowest BCUT2D eigenvalue weighted by molar-refractivity contribution is 0.0520. The molecule has 11 heteroatoms. The molecule has 0 aliphatic rings. The number of nitrogens with zero attached hydrogens (tertiary/aromatic N) is 2. The fourth-order valence-corrected chi connectivity index (χ4v) is 4.33. The molecule has 0 fully saturated rings. The average molecular weight is 498 g/mol. The second kappa shape index (κ2) is 9.94. The van der Waals surface area contributed by atoms with Gasteiger partial charge in [0.1, 0.15) is 10.8 Å². The van der Waals surface area contributed by atoms with E-state index in [-0.39, 0.29) is 39.3 Å².